The molecule has 0 aliphatic heterocycles. The highest BCUT2D eigenvalue weighted by Crippen LogP contribution is 2.15. The lowest BCUT2D eigenvalue weighted by Gasteiger charge is -2.18. The van der Waals surface area contributed by atoms with Gasteiger partial charge in [0.15, 0.2) is 12.4 Å². The van der Waals surface area contributed by atoms with Crippen molar-refractivity contribution in [1.29, 1.82) is 0 Å². The van der Waals surface area contributed by atoms with E-state index in [1.807, 2.05) is 74.1 Å². The molecule has 0 fully saturated rings. The van der Waals surface area contributed by atoms with Gasteiger partial charge in [-0.05, 0) is 43.0 Å². The van der Waals surface area contributed by atoms with E-state index in [2.05, 4.69) is 4.99 Å². The van der Waals surface area contributed by atoms with Crippen molar-refractivity contribution in [3.05, 3.63) is 65.5 Å². The number of aryl methyl sites for hydroxylation is 2. The van der Waals surface area contributed by atoms with Gasteiger partial charge in [0.2, 0.25) is 11.8 Å². The lowest BCUT2D eigenvalue weighted by atomic mass is 9.99. The molecule has 1 unspecified atom stereocenters. The zero-order valence-corrected chi connectivity index (χ0v) is 13.9. The maximum Gasteiger partial charge on any atom is 0.237 e. The average Bonchev–Trinajstić information content (AvgIpc) is 2.51. The summed E-state index contributed by atoms with van der Waals surface area (Å²) in [7, 11) is 0. The van der Waals surface area contributed by atoms with Gasteiger partial charge in [0, 0.05) is 24.2 Å². The third kappa shape index (κ3) is 3.57. The highest BCUT2D eigenvalue weighted by Gasteiger charge is 2.28. The molecule has 114 valence electrons. The number of pyridine rings is 1. The molecule has 1 heterocycles. The van der Waals surface area contributed by atoms with E-state index in [1.54, 1.807) is 0 Å². The predicted molar refractivity (Wildman–Crippen MR) is 91.3 cm³/mol. The number of benzene rings is 1. The number of hydrogen-bond donors (Lipinski definition) is 0. The Kier molecular flexibility index (Phi) is 5.39. The molecule has 0 aliphatic rings. The van der Waals surface area contributed by atoms with Crippen LogP contribution in [0.15, 0.2) is 53.8 Å². The monoisotopic (exact) mass is 312 g/mol. The Labute approximate surface area is 137 Å². The van der Waals surface area contributed by atoms with E-state index in [4.69, 9.17) is 12.6 Å². The fourth-order valence-corrected chi connectivity index (χ4v) is 2.61. The van der Waals surface area contributed by atoms with Crippen molar-refractivity contribution in [2.24, 2.45) is 4.99 Å². The third-order valence-electron chi connectivity index (χ3n) is 3.62. The molecule has 0 spiro atoms. The molecule has 0 bridgehead atoms. The maximum absolute atomic E-state index is 13.0. The quantitative estimate of drug-likeness (QED) is 0.280. The van der Waals surface area contributed by atoms with Crippen LogP contribution in [-0.2, 0) is 12.6 Å². The van der Waals surface area contributed by atoms with E-state index in [1.165, 1.54) is 5.56 Å². The number of aliphatic imine (C=N–C) groups is 1. The normalized spacial score (nSPS) is 13.0. The molecule has 1 aromatic heterocycles. The minimum atomic E-state index is -0.571. The first kappa shape index (κ1) is 16.3. The van der Waals surface area contributed by atoms with Crippen LogP contribution in [0.25, 0.3) is 0 Å². The molecule has 0 radical (unpaired) electrons. The summed E-state index contributed by atoms with van der Waals surface area (Å²) in [6, 6.07) is 10.9. The van der Waals surface area contributed by atoms with Gasteiger partial charge in [-0.15, -0.1) is 0 Å². The van der Waals surface area contributed by atoms with Crippen LogP contribution in [0.5, 0.6) is 0 Å². The summed E-state index contributed by atoms with van der Waals surface area (Å²) >= 11 is 5.38. The summed E-state index contributed by atoms with van der Waals surface area (Å²) in [6.07, 6.45) is 3.70. The Morgan fingerprint density at radius 1 is 1.18 bits per heavy atom. The number of aromatic nitrogens is 1. The minimum absolute atomic E-state index is 0.0264. The number of hydrogen-bond acceptors (Lipinski definition) is 3. The summed E-state index contributed by atoms with van der Waals surface area (Å²) in [5, 5.41) is 0.418. The van der Waals surface area contributed by atoms with Crippen LogP contribution in [0.2, 0.25) is 0 Å². The molecule has 4 heteroatoms. The molecule has 0 aliphatic carbocycles. The standard InChI is InChI=1S/C18H20N2OS/c1-4-19-18(22)16(20-10-6-5-7-11-20)17(21)15-9-8-13(2)14(3)12-15/h5-12,16H,4H2,1-3H3. The molecular formula is C18H20N2OS. The second-order valence-corrected chi connectivity index (χ2v) is 5.62. The van der Waals surface area contributed by atoms with Crippen LogP contribution >= 0.6 is 0 Å². The summed E-state index contributed by atoms with van der Waals surface area (Å²) in [5.74, 6) is -0.0264. The number of carbonyl (C=O) groups excluding carboxylic acids is 1. The highest BCUT2D eigenvalue weighted by molar-refractivity contribution is 7.77. The number of Topliss-reactive ketones (excluding diaryl/α,β-unsaturated/α-hetero) is 1. The Morgan fingerprint density at radius 3 is 2.45 bits per heavy atom. The molecule has 0 amide bonds. The molecular weight excluding hydrogens is 292 g/mol. The third-order valence-corrected chi connectivity index (χ3v) is 3.98. The highest BCUT2D eigenvalue weighted by atomic mass is 32.1. The Bertz CT molecular complexity index is 695. The Balaban J connectivity index is 2.46. The van der Waals surface area contributed by atoms with Crippen LogP contribution in [0.1, 0.15) is 34.5 Å². The van der Waals surface area contributed by atoms with Gasteiger partial charge in [-0.3, -0.25) is 4.79 Å². The summed E-state index contributed by atoms with van der Waals surface area (Å²) in [4.78, 5) is 17.2. The molecule has 2 aromatic rings. The van der Waals surface area contributed by atoms with E-state index < -0.39 is 6.04 Å². The van der Waals surface area contributed by atoms with Gasteiger partial charge in [-0.25, -0.2) is 0 Å². The van der Waals surface area contributed by atoms with Crippen LogP contribution in [0, 0.1) is 13.8 Å². The summed E-state index contributed by atoms with van der Waals surface area (Å²) < 4.78 is 1.82. The van der Waals surface area contributed by atoms with Crippen molar-refractivity contribution < 1.29 is 9.36 Å². The number of nitrogens with zero attached hydrogens (tertiary/aromatic N) is 2. The van der Waals surface area contributed by atoms with Gasteiger partial charge in [-0.2, -0.15) is 4.57 Å². The Hall–Kier alpha value is -2.07. The van der Waals surface area contributed by atoms with Gasteiger partial charge in [0.05, 0.1) is 0 Å². The van der Waals surface area contributed by atoms with Gasteiger partial charge in [0.25, 0.3) is 0 Å². The zero-order chi connectivity index (χ0) is 16.1. The lowest BCUT2D eigenvalue weighted by molar-refractivity contribution is -0.691. The summed E-state index contributed by atoms with van der Waals surface area (Å²) in [5.41, 5.74) is 2.93. The molecule has 0 saturated heterocycles. The SMILES string of the molecule is CCN=C([S-])C(C(=O)c1ccc(C)c(C)c1)[n+]1ccccc1. The maximum atomic E-state index is 13.0. The van der Waals surface area contributed by atoms with Crippen LogP contribution in [0.3, 0.4) is 0 Å². The first-order valence-corrected chi connectivity index (χ1v) is 7.74. The van der Waals surface area contributed by atoms with Gasteiger partial charge < -0.3 is 17.6 Å². The van der Waals surface area contributed by atoms with Crippen molar-refractivity contribution in [3.63, 3.8) is 0 Å². The van der Waals surface area contributed by atoms with Crippen LogP contribution < -0.4 is 4.57 Å². The van der Waals surface area contributed by atoms with Crippen LogP contribution in [0.4, 0.5) is 0 Å². The van der Waals surface area contributed by atoms with Crippen molar-refractivity contribution in [1.82, 2.24) is 0 Å². The smallest absolute Gasteiger partial charge is 0.237 e. The summed E-state index contributed by atoms with van der Waals surface area (Å²) in [6.45, 7) is 6.53. The topological polar surface area (TPSA) is 33.3 Å². The van der Waals surface area contributed by atoms with Gasteiger partial charge in [0.1, 0.15) is 0 Å². The predicted octanol–water partition coefficient (Wildman–Crippen LogP) is 2.98. The molecule has 2 rings (SSSR count). The first-order valence-electron chi connectivity index (χ1n) is 7.33. The fourth-order valence-electron chi connectivity index (χ4n) is 2.25. The first-order chi connectivity index (χ1) is 10.5. The van der Waals surface area contributed by atoms with Crippen molar-refractivity contribution >= 4 is 23.5 Å². The number of ketones is 1. The molecule has 1 aromatic carbocycles. The van der Waals surface area contributed by atoms with Crippen molar-refractivity contribution in [2.75, 3.05) is 6.54 Å². The second kappa shape index (κ2) is 7.27. The number of rotatable bonds is 5. The fraction of sp³-hybridized carbons (Fsp3) is 0.278. The second-order valence-electron chi connectivity index (χ2n) is 5.20. The van der Waals surface area contributed by atoms with Crippen LogP contribution in [-0.4, -0.2) is 17.4 Å². The Morgan fingerprint density at radius 2 is 1.86 bits per heavy atom. The average molecular weight is 312 g/mol. The van der Waals surface area contributed by atoms with E-state index in [0.717, 1.165) is 5.56 Å². The van der Waals surface area contributed by atoms with E-state index in [-0.39, 0.29) is 5.78 Å². The van der Waals surface area contributed by atoms with Crippen molar-refractivity contribution in [2.45, 2.75) is 26.8 Å². The molecule has 3 nitrogen and oxygen atoms in total. The number of carbonyl (C=O) groups is 1. The largest absolute Gasteiger partial charge is 0.758 e. The van der Waals surface area contributed by atoms with Crippen molar-refractivity contribution in [3.8, 4) is 0 Å². The van der Waals surface area contributed by atoms with Gasteiger partial charge >= 0.3 is 0 Å². The molecule has 0 saturated carbocycles. The van der Waals surface area contributed by atoms with Gasteiger partial charge in [-0.1, -0.05) is 18.2 Å². The van der Waals surface area contributed by atoms with E-state index in [0.29, 0.717) is 17.2 Å². The molecule has 0 N–H and O–H groups in total. The minimum Gasteiger partial charge on any atom is -0.758 e. The van der Waals surface area contributed by atoms with E-state index in [9.17, 15) is 4.79 Å². The van der Waals surface area contributed by atoms with E-state index >= 15 is 0 Å². The lowest BCUT2D eigenvalue weighted by Crippen LogP contribution is -2.47. The molecule has 1 atom stereocenters. The zero-order valence-electron chi connectivity index (χ0n) is 13.1. The molecule has 22 heavy (non-hydrogen) atoms.